The third-order valence-electron chi connectivity index (χ3n) is 3.53. The van der Waals surface area contributed by atoms with Gasteiger partial charge < -0.3 is 10.2 Å². The molecule has 3 rings (SSSR count). The first-order valence-corrected chi connectivity index (χ1v) is 6.36. The minimum absolute atomic E-state index is 0.173. The van der Waals surface area contributed by atoms with Gasteiger partial charge in [-0.2, -0.15) is 0 Å². The molecule has 8 heteroatoms. The van der Waals surface area contributed by atoms with Gasteiger partial charge in [-0.05, 0) is 18.2 Å². The van der Waals surface area contributed by atoms with Gasteiger partial charge in [-0.3, -0.25) is 14.5 Å². The van der Waals surface area contributed by atoms with E-state index in [4.69, 9.17) is 0 Å². The van der Waals surface area contributed by atoms with Gasteiger partial charge in [0, 0.05) is 5.56 Å². The second kappa shape index (κ2) is 5.01. The molecule has 2 aromatic carbocycles. The van der Waals surface area contributed by atoms with Crippen molar-refractivity contribution >= 4 is 11.8 Å². The Labute approximate surface area is 127 Å². The fourth-order valence-corrected chi connectivity index (χ4v) is 2.35. The van der Waals surface area contributed by atoms with Crippen LogP contribution in [0, 0.1) is 17.5 Å². The van der Waals surface area contributed by atoms with E-state index in [1.807, 2.05) is 0 Å². The molecule has 0 saturated heterocycles. The first-order valence-electron chi connectivity index (χ1n) is 6.36. The summed E-state index contributed by atoms with van der Waals surface area (Å²) in [5.74, 6) is -7.78. The average molecular weight is 323 g/mol. The molecule has 2 aromatic rings. The predicted molar refractivity (Wildman–Crippen MR) is 70.3 cm³/mol. The summed E-state index contributed by atoms with van der Waals surface area (Å²) in [6.45, 7) is -0.643. The molecular formula is C15H8F3NO4. The van der Waals surface area contributed by atoms with Crippen LogP contribution in [0.1, 0.15) is 26.3 Å². The van der Waals surface area contributed by atoms with E-state index >= 15 is 0 Å². The summed E-state index contributed by atoms with van der Waals surface area (Å²) in [6.07, 6.45) is 0. The Balaban J connectivity index is 2.01. The van der Waals surface area contributed by atoms with Crippen LogP contribution in [0.5, 0.6) is 11.5 Å². The standard InChI is InChI=1S/C15H8F3NO4/c16-8-3-1-6(11(17)12(8)18)5-19-14(22)7-2-4-9(20)13(21)10(7)15(19)23/h1-4,20-21H,5H2. The second-order valence-corrected chi connectivity index (χ2v) is 4.89. The Bertz CT molecular complexity index is 866. The molecule has 1 aliphatic heterocycles. The normalized spacial score (nSPS) is 13.6. The zero-order valence-corrected chi connectivity index (χ0v) is 11.3. The topological polar surface area (TPSA) is 77.8 Å². The molecule has 0 aromatic heterocycles. The molecule has 0 spiro atoms. The molecule has 0 radical (unpaired) electrons. The highest BCUT2D eigenvalue weighted by molar-refractivity contribution is 6.22. The number of amides is 2. The molecule has 0 bridgehead atoms. The monoisotopic (exact) mass is 323 g/mol. The Hall–Kier alpha value is -3.03. The maximum absolute atomic E-state index is 13.7. The van der Waals surface area contributed by atoms with Gasteiger partial charge in [0.2, 0.25) is 0 Å². The third-order valence-corrected chi connectivity index (χ3v) is 3.53. The number of aromatic hydroxyl groups is 2. The number of carbonyl (C=O) groups is 2. The SMILES string of the molecule is O=C1c2ccc(O)c(O)c2C(=O)N1Cc1ccc(F)c(F)c1F. The smallest absolute Gasteiger partial charge is 0.265 e. The minimum atomic E-state index is -1.71. The first-order chi connectivity index (χ1) is 10.8. The van der Waals surface area contributed by atoms with Crippen molar-refractivity contribution < 1.29 is 33.0 Å². The molecule has 118 valence electrons. The molecule has 1 heterocycles. The minimum Gasteiger partial charge on any atom is -0.504 e. The van der Waals surface area contributed by atoms with E-state index in [-0.39, 0.29) is 5.56 Å². The highest BCUT2D eigenvalue weighted by atomic mass is 19.2. The first kappa shape index (κ1) is 14.9. The van der Waals surface area contributed by atoms with Crippen LogP contribution in [0.15, 0.2) is 24.3 Å². The lowest BCUT2D eigenvalue weighted by Gasteiger charge is -2.14. The van der Waals surface area contributed by atoms with Crippen molar-refractivity contribution in [3.8, 4) is 11.5 Å². The number of fused-ring (bicyclic) bond motifs is 1. The molecule has 2 amide bonds. The van der Waals surface area contributed by atoms with Gasteiger partial charge >= 0.3 is 0 Å². The number of rotatable bonds is 2. The van der Waals surface area contributed by atoms with Gasteiger partial charge in [0.05, 0.1) is 17.7 Å². The number of hydrogen-bond acceptors (Lipinski definition) is 4. The molecular weight excluding hydrogens is 315 g/mol. The zero-order chi connectivity index (χ0) is 16.9. The number of phenols is 2. The van der Waals surface area contributed by atoms with Crippen LogP contribution in [0.2, 0.25) is 0 Å². The number of hydrogen-bond donors (Lipinski definition) is 2. The van der Waals surface area contributed by atoms with E-state index in [2.05, 4.69) is 0 Å². The molecule has 0 saturated carbocycles. The lowest BCUT2D eigenvalue weighted by atomic mass is 10.1. The lowest BCUT2D eigenvalue weighted by molar-refractivity contribution is 0.0639. The van der Waals surface area contributed by atoms with Gasteiger partial charge in [0.25, 0.3) is 11.8 Å². The summed E-state index contributed by atoms with van der Waals surface area (Å²) in [5.41, 5.74) is -0.992. The predicted octanol–water partition coefficient (Wildman–Crippen LogP) is 2.31. The number of phenolic OH excluding ortho intramolecular Hbond substituents is 2. The van der Waals surface area contributed by atoms with Crippen molar-refractivity contribution in [3.63, 3.8) is 0 Å². The number of imide groups is 1. The molecule has 0 unspecified atom stereocenters. The van der Waals surface area contributed by atoms with Crippen molar-refractivity contribution in [1.29, 1.82) is 0 Å². The number of halogens is 3. The maximum Gasteiger partial charge on any atom is 0.265 e. The Morgan fingerprint density at radius 1 is 0.913 bits per heavy atom. The molecule has 5 nitrogen and oxygen atoms in total. The average Bonchev–Trinajstić information content (AvgIpc) is 2.76. The van der Waals surface area contributed by atoms with Gasteiger partial charge in [0.1, 0.15) is 0 Å². The molecule has 1 aliphatic rings. The fourth-order valence-electron chi connectivity index (χ4n) is 2.35. The van der Waals surface area contributed by atoms with Crippen LogP contribution in [-0.2, 0) is 6.54 Å². The fraction of sp³-hybridized carbons (Fsp3) is 0.0667. The highest BCUT2D eigenvalue weighted by Crippen LogP contribution is 2.37. The zero-order valence-electron chi connectivity index (χ0n) is 11.3. The quantitative estimate of drug-likeness (QED) is 0.505. The van der Waals surface area contributed by atoms with E-state index < -0.39 is 58.4 Å². The molecule has 0 aliphatic carbocycles. The van der Waals surface area contributed by atoms with E-state index in [0.29, 0.717) is 11.0 Å². The van der Waals surface area contributed by atoms with Crippen molar-refractivity contribution in [3.05, 3.63) is 58.4 Å². The molecule has 0 fully saturated rings. The Morgan fingerprint density at radius 2 is 1.61 bits per heavy atom. The van der Waals surface area contributed by atoms with Crippen LogP contribution >= 0.6 is 0 Å². The van der Waals surface area contributed by atoms with Crippen LogP contribution < -0.4 is 0 Å². The summed E-state index contributed by atoms with van der Waals surface area (Å²) in [7, 11) is 0. The van der Waals surface area contributed by atoms with Crippen molar-refractivity contribution in [1.82, 2.24) is 4.90 Å². The molecule has 0 atom stereocenters. The highest BCUT2D eigenvalue weighted by Gasteiger charge is 2.39. The van der Waals surface area contributed by atoms with Crippen LogP contribution in [-0.4, -0.2) is 26.9 Å². The maximum atomic E-state index is 13.7. The van der Waals surface area contributed by atoms with Gasteiger partial charge in [-0.15, -0.1) is 0 Å². The molecule has 2 N–H and O–H groups in total. The van der Waals surface area contributed by atoms with Crippen molar-refractivity contribution in [2.75, 3.05) is 0 Å². The van der Waals surface area contributed by atoms with Crippen molar-refractivity contribution in [2.45, 2.75) is 6.54 Å². The summed E-state index contributed by atoms with van der Waals surface area (Å²) >= 11 is 0. The summed E-state index contributed by atoms with van der Waals surface area (Å²) in [5, 5.41) is 19.1. The van der Waals surface area contributed by atoms with Gasteiger partial charge in [-0.25, -0.2) is 13.2 Å². The van der Waals surface area contributed by atoms with E-state index in [0.717, 1.165) is 18.2 Å². The van der Waals surface area contributed by atoms with Crippen LogP contribution in [0.3, 0.4) is 0 Å². The summed E-state index contributed by atoms with van der Waals surface area (Å²) in [4.78, 5) is 24.9. The van der Waals surface area contributed by atoms with E-state index in [1.165, 1.54) is 0 Å². The van der Waals surface area contributed by atoms with E-state index in [9.17, 15) is 33.0 Å². The van der Waals surface area contributed by atoms with Crippen LogP contribution in [0.4, 0.5) is 13.2 Å². The Kier molecular flexibility index (Phi) is 3.24. The van der Waals surface area contributed by atoms with Gasteiger partial charge in [-0.1, -0.05) is 6.07 Å². The van der Waals surface area contributed by atoms with Crippen LogP contribution in [0.25, 0.3) is 0 Å². The summed E-state index contributed by atoms with van der Waals surface area (Å²) < 4.78 is 39.8. The number of carbonyl (C=O) groups excluding carboxylic acids is 2. The largest absolute Gasteiger partial charge is 0.504 e. The summed E-state index contributed by atoms with van der Waals surface area (Å²) in [6, 6.07) is 3.75. The van der Waals surface area contributed by atoms with E-state index in [1.54, 1.807) is 0 Å². The van der Waals surface area contributed by atoms with Crippen molar-refractivity contribution in [2.24, 2.45) is 0 Å². The number of nitrogens with zero attached hydrogens (tertiary/aromatic N) is 1. The lowest BCUT2D eigenvalue weighted by Crippen LogP contribution is -2.29. The molecule has 23 heavy (non-hydrogen) atoms. The van der Waals surface area contributed by atoms with Gasteiger partial charge in [0.15, 0.2) is 29.0 Å². The second-order valence-electron chi connectivity index (χ2n) is 4.89. The Morgan fingerprint density at radius 3 is 2.30 bits per heavy atom. The number of benzene rings is 2. The third kappa shape index (κ3) is 2.10.